The number of hydrazine groups is 1. The molecule has 0 saturated carbocycles. The lowest BCUT2D eigenvalue weighted by Crippen LogP contribution is -2.48. The quantitative estimate of drug-likeness (QED) is 0.247. The molecule has 6 nitrogen and oxygen atoms in total. The molecular formula is C18H18ClN5OS2. The highest BCUT2D eigenvalue weighted by Gasteiger charge is 2.07. The van der Waals surface area contributed by atoms with Crippen LogP contribution >= 0.6 is 35.6 Å². The Morgan fingerprint density at radius 1 is 1.15 bits per heavy atom. The maximum absolute atomic E-state index is 12.1. The van der Waals surface area contributed by atoms with Gasteiger partial charge in [-0.25, -0.2) is 4.98 Å². The summed E-state index contributed by atoms with van der Waals surface area (Å²) in [6, 6.07) is 15.3. The third kappa shape index (κ3) is 5.85. The van der Waals surface area contributed by atoms with E-state index in [1.54, 1.807) is 22.7 Å². The predicted molar refractivity (Wildman–Crippen MR) is 114 cm³/mol. The van der Waals surface area contributed by atoms with Gasteiger partial charge in [0.1, 0.15) is 6.54 Å². The van der Waals surface area contributed by atoms with Crippen molar-refractivity contribution in [3.8, 4) is 0 Å². The van der Waals surface area contributed by atoms with Crippen molar-refractivity contribution < 1.29 is 4.79 Å². The van der Waals surface area contributed by atoms with Crippen molar-refractivity contribution in [3.63, 3.8) is 0 Å². The molecule has 0 bridgehead atoms. The van der Waals surface area contributed by atoms with Gasteiger partial charge in [-0.15, -0.1) is 11.8 Å². The summed E-state index contributed by atoms with van der Waals surface area (Å²) in [5.74, 6) is 0.621. The van der Waals surface area contributed by atoms with Gasteiger partial charge in [-0.05, 0) is 48.6 Å². The first kappa shape index (κ1) is 19.5. The summed E-state index contributed by atoms with van der Waals surface area (Å²) in [7, 11) is 0. The number of para-hydroxylation sites is 2. The molecular weight excluding hydrogens is 402 g/mol. The highest BCUT2D eigenvalue weighted by Crippen LogP contribution is 2.19. The van der Waals surface area contributed by atoms with Crippen LogP contribution in [0.1, 0.15) is 0 Å². The fourth-order valence-corrected chi connectivity index (χ4v) is 3.41. The lowest BCUT2D eigenvalue weighted by molar-refractivity contribution is -0.122. The minimum atomic E-state index is -0.210. The number of hydrogen-bond donors (Lipinski definition) is 3. The smallest absolute Gasteiger partial charge is 0.258 e. The van der Waals surface area contributed by atoms with Gasteiger partial charge in [0.25, 0.3) is 5.91 Å². The molecule has 0 radical (unpaired) electrons. The largest absolute Gasteiger partial charge is 0.361 e. The van der Waals surface area contributed by atoms with E-state index in [1.807, 2.05) is 48.5 Å². The van der Waals surface area contributed by atoms with E-state index in [-0.39, 0.29) is 12.5 Å². The van der Waals surface area contributed by atoms with Crippen molar-refractivity contribution in [2.45, 2.75) is 11.4 Å². The molecule has 0 saturated heterocycles. The van der Waals surface area contributed by atoms with Gasteiger partial charge in [0.15, 0.2) is 5.11 Å². The highest BCUT2D eigenvalue weighted by atomic mass is 35.5. The summed E-state index contributed by atoms with van der Waals surface area (Å²) in [6.07, 6.45) is 1.65. The molecule has 1 heterocycles. The third-order valence-corrected chi connectivity index (χ3v) is 5.14. The zero-order valence-corrected chi connectivity index (χ0v) is 16.7. The number of hydrogen-bond acceptors (Lipinski definition) is 4. The van der Waals surface area contributed by atoms with E-state index >= 15 is 0 Å². The molecule has 1 aromatic heterocycles. The van der Waals surface area contributed by atoms with E-state index in [0.29, 0.717) is 11.7 Å². The van der Waals surface area contributed by atoms with Crippen LogP contribution in [0.25, 0.3) is 11.0 Å². The highest BCUT2D eigenvalue weighted by molar-refractivity contribution is 7.99. The third-order valence-electron chi connectivity index (χ3n) is 3.63. The topological polar surface area (TPSA) is 71.0 Å². The van der Waals surface area contributed by atoms with Gasteiger partial charge in [0.2, 0.25) is 0 Å². The van der Waals surface area contributed by atoms with Crippen molar-refractivity contribution >= 4 is 57.6 Å². The van der Waals surface area contributed by atoms with Gasteiger partial charge < -0.3 is 9.88 Å². The van der Waals surface area contributed by atoms with Crippen LogP contribution < -0.4 is 16.2 Å². The van der Waals surface area contributed by atoms with Gasteiger partial charge in [-0.2, -0.15) is 0 Å². The summed E-state index contributed by atoms with van der Waals surface area (Å²) in [5.41, 5.74) is 7.06. The van der Waals surface area contributed by atoms with E-state index in [1.165, 1.54) is 0 Å². The number of thiocarbonyl (C=S) groups is 1. The SMILES string of the molecule is O=C(Cn1cnc2ccccc21)NNC(=S)NCCSc1ccc(Cl)cc1. The molecule has 0 aliphatic heterocycles. The van der Waals surface area contributed by atoms with Gasteiger partial charge in [-0.3, -0.25) is 15.6 Å². The normalized spacial score (nSPS) is 10.6. The summed E-state index contributed by atoms with van der Waals surface area (Å²) in [6.45, 7) is 0.823. The Morgan fingerprint density at radius 2 is 1.93 bits per heavy atom. The number of nitrogens with one attached hydrogen (secondary N) is 3. The number of halogens is 1. The first-order valence-electron chi connectivity index (χ1n) is 8.23. The molecule has 0 atom stereocenters. The molecule has 0 unspecified atom stereocenters. The van der Waals surface area contributed by atoms with Gasteiger partial charge in [-0.1, -0.05) is 23.7 Å². The molecule has 0 aliphatic rings. The summed E-state index contributed by atoms with van der Waals surface area (Å²) in [5, 5.41) is 4.14. The fourth-order valence-electron chi connectivity index (χ4n) is 2.37. The van der Waals surface area contributed by atoms with Gasteiger partial charge in [0.05, 0.1) is 17.4 Å². The number of nitrogens with zero attached hydrogens (tertiary/aromatic N) is 2. The minimum Gasteiger partial charge on any atom is -0.361 e. The second-order valence-corrected chi connectivity index (χ2v) is 7.61. The lowest BCUT2D eigenvalue weighted by Gasteiger charge is -2.12. The van der Waals surface area contributed by atoms with Gasteiger partial charge in [0, 0.05) is 22.2 Å². The first-order valence-corrected chi connectivity index (χ1v) is 10.00. The fraction of sp³-hybridized carbons (Fsp3) is 0.167. The van der Waals surface area contributed by atoms with Crippen LogP contribution in [0.5, 0.6) is 0 Å². The van der Waals surface area contributed by atoms with E-state index in [0.717, 1.165) is 26.7 Å². The van der Waals surface area contributed by atoms with Crippen molar-refractivity contribution in [1.82, 2.24) is 25.7 Å². The Kier molecular flexibility index (Phi) is 6.92. The monoisotopic (exact) mass is 419 g/mol. The molecule has 0 spiro atoms. The number of aromatic nitrogens is 2. The molecule has 0 aliphatic carbocycles. The summed E-state index contributed by atoms with van der Waals surface area (Å²) in [4.78, 5) is 17.5. The second-order valence-electron chi connectivity index (χ2n) is 5.59. The number of fused-ring (bicyclic) bond motifs is 1. The van der Waals surface area contributed by atoms with E-state index < -0.39 is 0 Å². The maximum atomic E-state index is 12.1. The number of carbonyl (C=O) groups excluding carboxylic acids is 1. The van der Waals surface area contributed by atoms with Crippen molar-refractivity contribution in [1.29, 1.82) is 0 Å². The number of imidazole rings is 1. The van der Waals surface area contributed by atoms with Crippen LogP contribution in [0.4, 0.5) is 0 Å². The average molecular weight is 420 g/mol. The molecule has 27 heavy (non-hydrogen) atoms. The molecule has 1 amide bonds. The Labute approximate surface area is 171 Å². The molecule has 3 N–H and O–H groups in total. The number of amides is 1. The molecule has 0 fully saturated rings. The van der Waals surface area contributed by atoms with E-state index in [2.05, 4.69) is 21.2 Å². The van der Waals surface area contributed by atoms with Crippen LogP contribution in [-0.2, 0) is 11.3 Å². The summed E-state index contributed by atoms with van der Waals surface area (Å²) >= 11 is 12.7. The zero-order valence-electron chi connectivity index (χ0n) is 14.3. The second kappa shape index (κ2) is 9.59. The van der Waals surface area contributed by atoms with Crippen LogP contribution in [0, 0.1) is 0 Å². The standard InChI is InChI=1S/C18H18ClN5OS2/c19-13-5-7-14(8-6-13)27-10-9-20-18(26)23-22-17(25)11-24-12-21-15-3-1-2-4-16(15)24/h1-8,12H,9-11H2,(H,22,25)(H2,20,23,26). The predicted octanol–water partition coefficient (Wildman–Crippen LogP) is 2.98. The maximum Gasteiger partial charge on any atom is 0.258 e. The molecule has 3 rings (SSSR count). The van der Waals surface area contributed by atoms with Crippen LogP contribution in [0.15, 0.2) is 59.8 Å². The van der Waals surface area contributed by atoms with Crippen LogP contribution in [0.2, 0.25) is 5.02 Å². The Morgan fingerprint density at radius 3 is 2.74 bits per heavy atom. The molecule has 2 aromatic carbocycles. The van der Waals surface area contributed by atoms with Gasteiger partial charge >= 0.3 is 0 Å². The van der Waals surface area contributed by atoms with E-state index in [9.17, 15) is 4.79 Å². The van der Waals surface area contributed by atoms with Crippen molar-refractivity contribution in [3.05, 3.63) is 59.9 Å². The molecule has 3 aromatic rings. The van der Waals surface area contributed by atoms with E-state index in [4.69, 9.17) is 23.8 Å². The Balaban J connectivity index is 1.35. The number of benzene rings is 2. The minimum absolute atomic E-state index is 0.155. The average Bonchev–Trinajstić information content (AvgIpc) is 3.08. The number of thioether (sulfide) groups is 1. The first-order chi connectivity index (χ1) is 13.1. The Hall–Kier alpha value is -2.29. The van der Waals surface area contributed by atoms with Crippen LogP contribution in [-0.4, -0.2) is 32.9 Å². The number of carbonyl (C=O) groups is 1. The molecule has 140 valence electrons. The lowest BCUT2D eigenvalue weighted by atomic mass is 10.3. The van der Waals surface area contributed by atoms with Crippen LogP contribution in [0.3, 0.4) is 0 Å². The molecule has 9 heteroatoms. The zero-order chi connectivity index (χ0) is 19.1. The summed E-state index contributed by atoms with van der Waals surface area (Å²) < 4.78 is 1.78. The Bertz CT molecular complexity index is 929. The van der Waals surface area contributed by atoms with Crippen molar-refractivity contribution in [2.75, 3.05) is 12.3 Å². The van der Waals surface area contributed by atoms with Crippen molar-refractivity contribution in [2.24, 2.45) is 0 Å². The number of rotatable bonds is 6.